The summed E-state index contributed by atoms with van der Waals surface area (Å²) in [6.45, 7) is -1.20. The molecule has 0 aromatic carbocycles. The number of alkyl halides is 3. The molecule has 0 radical (unpaired) electrons. The molecule has 2 heterocycles. The number of hydrogen-bond acceptors (Lipinski definition) is 4. The number of nitrogens with zero attached hydrogens (tertiary/aromatic N) is 3. The summed E-state index contributed by atoms with van der Waals surface area (Å²) in [5.41, 5.74) is -2.49. The van der Waals surface area contributed by atoms with Crippen LogP contribution in [0.1, 0.15) is 0 Å². The second-order valence-electron chi connectivity index (χ2n) is 4.41. The van der Waals surface area contributed by atoms with Crippen LogP contribution in [0, 0.1) is 5.92 Å². The number of hydrogen-bond donors (Lipinski definition) is 2. The van der Waals surface area contributed by atoms with Gasteiger partial charge in [-0.1, -0.05) is 0 Å². The molecule has 0 fully saturated rings. The Hall–Kier alpha value is -2.11. The first-order valence-electron chi connectivity index (χ1n) is 5.68. The highest BCUT2D eigenvalue weighted by molar-refractivity contribution is 9.10. The van der Waals surface area contributed by atoms with Crippen LogP contribution in [-0.2, 0) is 18.4 Å². The van der Waals surface area contributed by atoms with Crippen molar-refractivity contribution in [2.75, 3.05) is 0 Å². The highest BCUT2D eigenvalue weighted by atomic mass is 79.9. The largest absolute Gasteiger partial charge is 0.481 e. The van der Waals surface area contributed by atoms with Crippen LogP contribution in [0.4, 0.5) is 13.2 Å². The fourth-order valence-electron chi connectivity index (χ4n) is 1.89. The van der Waals surface area contributed by atoms with E-state index in [2.05, 4.69) is 20.9 Å². The Morgan fingerprint density at radius 1 is 1.45 bits per heavy atom. The number of carboxylic acids is 1. The number of aromatic amines is 1. The van der Waals surface area contributed by atoms with Crippen LogP contribution in [0.25, 0.3) is 11.2 Å². The third-order valence-corrected chi connectivity index (χ3v) is 3.73. The Labute approximate surface area is 127 Å². The molecule has 0 aliphatic rings. The van der Waals surface area contributed by atoms with Gasteiger partial charge in [-0.2, -0.15) is 13.2 Å². The molecule has 0 bridgehead atoms. The van der Waals surface area contributed by atoms with E-state index in [0.717, 1.165) is 0 Å². The Kier molecular flexibility index (Phi) is 3.89. The first-order valence-corrected chi connectivity index (χ1v) is 6.48. The third-order valence-electron chi connectivity index (χ3n) is 3.02. The number of fused-ring (bicyclic) bond motifs is 1. The summed E-state index contributed by atoms with van der Waals surface area (Å²) < 4.78 is 40.0. The SMILES string of the molecule is Cn1c(Br)nc2c1c(=O)[nH]c(=O)n2CC(C(=O)O)C(F)(F)F. The standard InChI is InChI=1S/C10H8BrF3N4O4/c1-17-4-5(15-8(17)11)18(9(22)16-6(4)19)2-3(7(20)21)10(12,13)14/h3H,2H2,1H3,(H,20,21)(H,16,19,22). The maximum atomic E-state index is 12.7. The Balaban J connectivity index is 2.71. The molecule has 1 atom stereocenters. The number of nitrogens with one attached hydrogen (secondary N) is 1. The summed E-state index contributed by atoms with van der Waals surface area (Å²) in [6.07, 6.45) is -5.06. The summed E-state index contributed by atoms with van der Waals surface area (Å²) in [7, 11) is 1.40. The van der Waals surface area contributed by atoms with Crippen molar-refractivity contribution in [2.24, 2.45) is 13.0 Å². The molecule has 0 saturated carbocycles. The molecular formula is C10H8BrF3N4O4. The fourth-order valence-corrected chi connectivity index (χ4v) is 2.24. The van der Waals surface area contributed by atoms with Crippen molar-refractivity contribution in [1.29, 1.82) is 0 Å². The first kappa shape index (κ1) is 16.3. The number of H-pyrrole nitrogens is 1. The molecule has 8 nitrogen and oxygen atoms in total. The predicted molar refractivity (Wildman–Crippen MR) is 70.5 cm³/mol. The minimum Gasteiger partial charge on any atom is -0.481 e. The summed E-state index contributed by atoms with van der Waals surface area (Å²) >= 11 is 2.98. The van der Waals surface area contributed by atoms with Gasteiger partial charge in [0.05, 0.1) is 6.54 Å². The topological polar surface area (TPSA) is 110 Å². The van der Waals surface area contributed by atoms with Gasteiger partial charge in [-0.25, -0.2) is 9.78 Å². The van der Waals surface area contributed by atoms with Crippen molar-refractivity contribution in [1.82, 2.24) is 19.1 Å². The van der Waals surface area contributed by atoms with E-state index in [9.17, 15) is 27.6 Å². The number of aryl methyl sites for hydroxylation is 1. The summed E-state index contributed by atoms with van der Waals surface area (Å²) in [5.74, 6) is -4.94. The van der Waals surface area contributed by atoms with Crippen LogP contribution >= 0.6 is 15.9 Å². The zero-order chi connectivity index (χ0) is 16.8. The number of aliphatic carboxylic acids is 1. The average Bonchev–Trinajstić information content (AvgIpc) is 2.63. The molecule has 0 spiro atoms. The van der Waals surface area contributed by atoms with Gasteiger partial charge in [0.15, 0.2) is 21.8 Å². The Bertz CT molecular complexity index is 866. The van der Waals surface area contributed by atoms with Gasteiger partial charge in [-0.15, -0.1) is 0 Å². The monoisotopic (exact) mass is 384 g/mol. The van der Waals surface area contributed by atoms with Crippen LogP contribution in [0.2, 0.25) is 0 Å². The van der Waals surface area contributed by atoms with Crippen LogP contribution in [-0.4, -0.2) is 36.4 Å². The Morgan fingerprint density at radius 2 is 2.05 bits per heavy atom. The molecule has 2 N–H and O–H groups in total. The lowest BCUT2D eigenvalue weighted by atomic mass is 10.1. The molecule has 12 heteroatoms. The maximum Gasteiger partial charge on any atom is 0.403 e. The summed E-state index contributed by atoms with van der Waals surface area (Å²) in [6, 6.07) is 0. The quantitative estimate of drug-likeness (QED) is 0.746. The molecule has 0 amide bonds. The number of rotatable bonds is 3. The molecule has 0 saturated heterocycles. The summed E-state index contributed by atoms with van der Waals surface area (Å²) in [5, 5.41) is 8.71. The van der Waals surface area contributed by atoms with Gasteiger partial charge in [0, 0.05) is 7.05 Å². The molecular weight excluding hydrogens is 377 g/mol. The second kappa shape index (κ2) is 5.26. The highest BCUT2D eigenvalue weighted by Crippen LogP contribution is 2.28. The fraction of sp³-hybridized carbons (Fsp3) is 0.400. The third kappa shape index (κ3) is 2.65. The molecule has 1 unspecified atom stereocenters. The van der Waals surface area contributed by atoms with Crippen molar-refractivity contribution in [3.63, 3.8) is 0 Å². The van der Waals surface area contributed by atoms with Crippen molar-refractivity contribution < 1.29 is 23.1 Å². The lowest BCUT2D eigenvalue weighted by Crippen LogP contribution is -2.39. The molecule has 0 aliphatic heterocycles. The van der Waals surface area contributed by atoms with Crippen molar-refractivity contribution in [2.45, 2.75) is 12.7 Å². The molecule has 120 valence electrons. The van der Waals surface area contributed by atoms with Crippen molar-refractivity contribution in [3.8, 4) is 0 Å². The van der Waals surface area contributed by atoms with Crippen LogP contribution in [0.5, 0.6) is 0 Å². The summed E-state index contributed by atoms with van der Waals surface area (Å²) in [4.78, 5) is 39.9. The number of imidazole rings is 1. The normalized spacial score (nSPS) is 13.5. The van der Waals surface area contributed by atoms with Crippen molar-refractivity contribution >= 4 is 33.1 Å². The van der Waals surface area contributed by atoms with E-state index in [0.29, 0.717) is 4.57 Å². The van der Waals surface area contributed by atoms with E-state index in [1.54, 1.807) is 0 Å². The van der Waals surface area contributed by atoms with Gasteiger partial charge < -0.3 is 9.67 Å². The van der Waals surface area contributed by atoms with Crippen molar-refractivity contribution in [3.05, 3.63) is 25.6 Å². The molecule has 2 rings (SSSR count). The van der Waals surface area contributed by atoms with E-state index >= 15 is 0 Å². The van der Waals surface area contributed by atoms with E-state index in [1.807, 2.05) is 4.98 Å². The molecule has 2 aromatic heterocycles. The molecule has 22 heavy (non-hydrogen) atoms. The Morgan fingerprint density at radius 3 is 2.55 bits per heavy atom. The van der Waals surface area contributed by atoms with Gasteiger partial charge in [-0.3, -0.25) is 19.1 Å². The smallest absolute Gasteiger partial charge is 0.403 e. The molecule has 0 aliphatic carbocycles. The number of carboxylic acid groups (broad SMARTS) is 1. The maximum absolute atomic E-state index is 12.7. The average molecular weight is 385 g/mol. The van der Waals surface area contributed by atoms with E-state index < -0.39 is 35.9 Å². The van der Waals surface area contributed by atoms with E-state index in [-0.39, 0.29) is 15.9 Å². The lowest BCUT2D eigenvalue weighted by Gasteiger charge is -2.17. The van der Waals surface area contributed by atoms with Crippen LogP contribution < -0.4 is 11.2 Å². The van der Waals surface area contributed by atoms with Crippen LogP contribution in [0.3, 0.4) is 0 Å². The van der Waals surface area contributed by atoms with Gasteiger partial charge >= 0.3 is 17.8 Å². The van der Waals surface area contributed by atoms with Gasteiger partial charge in [0.1, 0.15) is 0 Å². The zero-order valence-corrected chi connectivity index (χ0v) is 12.4. The van der Waals surface area contributed by atoms with E-state index in [4.69, 9.17) is 5.11 Å². The highest BCUT2D eigenvalue weighted by Gasteiger charge is 2.45. The molecule has 2 aromatic rings. The number of halogens is 4. The van der Waals surface area contributed by atoms with Crippen LogP contribution in [0.15, 0.2) is 14.3 Å². The number of carbonyl (C=O) groups is 1. The second-order valence-corrected chi connectivity index (χ2v) is 5.12. The number of aromatic nitrogens is 4. The van der Waals surface area contributed by atoms with E-state index in [1.165, 1.54) is 11.6 Å². The van der Waals surface area contributed by atoms with Gasteiger partial charge in [0.25, 0.3) is 5.56 Å². The minimum atomic E-state index is -5.06. The predicted octanol–water partition coefficient (Wildman–Crippen LogP) is 0.449. The zero-order valence-electron chi connectivity index (χ0n) is 10.8. The van der Waals surface area contributed by atoms with Gasteiger partial charge in [0.2, 0.25) is 0 Å². The van der Waals surface area contributed by atoms with Gasteiger partial charge in [-0.05, 0) is 15.9 Å². The first-order chi connectivity index (χ1) is 10.0. The lowest BCUT2D eigenvalue weighted by molar-refractivity contribution is -0.195. The minimum absolute atomic E-state index is 0.103.